The van der Waals surface area contributed by atoms with Crippen molar-refractivity contribution in [1.82, 2.24) is 9.97 Å². The summed E-state index contributed by atoms with van der Waals surface area (Å²) < 4.78 is 0.795. The standard InChI is InChI=1S/C16H16BrClN4O/c17-11-4-5-13(18)12(8-11)16(23)21-14-9-15(20-10-19-14)22-6-2-1-3-7-22/h4-5,8-10H,1-3,6-7H2,(H,19,20,21,23). The second kappa shape index (κ2) is 7.27. The number of hydrogen-bond acceptors (Lipinski definition) is 4. The van der Waals surface area contributed by atoms with E-state index in [9.17, 15) is 4.79 Å². The number of anilines is 2. The maximum Gasteiger partial charge on any atom is 0.258 e. The van der Waals surface area contributed by atoms with Gasteiger partial charge >= 0.3 is 0 Å². The molecule has 0 aliphatic carbocycles. The molecule has 0 unspecified atom stereocenters. The molecule has 0 radical (unpaired) electrons. The summed E-state index contributed by atoms with van der Waals surface area (Å²) in [6.45, 7) is 1.98. The largest absolute Gasteiger partial charge is 0.356 e. The van der Waals surface area contributed by atoms with Gasteiger partial charge in [0.05, 0.1) is 10.6 Å². The van der Waals surface area contributed by atoms with Crippen LogP contribution >= 0.6 is 27.5 Å². The Labute approximate surface area is 148 Å². The van der Waals surface area contributed by atoms with E-state index in [-0.39, 0.29) is 5.91 Å². The summed E-state index contributed by atoms with van der Waals surface area (Å²) in [5, 5.41) is 3.18. The average molecular weight is 396 g/mol. The van der Waals surface area contributed by atoms with Crippen molar-refractivity contribution < 1.29 is 4.79 Å². The van der Waals surface area contributed by atoms with Gasteiger partial charge in [0.1, 0.15) is 18.0 Å². The molecule has 1 aliphatic heterocycles. The average Bonchev–Trinajstić information content (AvgIpc) is 2.58. The molecule has 0 bridgehead atoms. The lowest BCUT2D eigenvalue weighted by atomic mass is 10.1. The Morgan fingerprint density at radius 1 is 1.17 bits per heavy atom. The summed E-state index contributed by atoms with van der Waals surface area (Å²) in [7, 11) is 0. The van der Waals surface area contributed by atoms with Crippen molar-refractivity contribution in [3.05, 3.63) is 45.7 Å². The number of carbonyl (C=O) groups excluding carboxylic acids is 1. The van der Waals surface area contributed by atoms with Crippen molar-refractivity contribution in [3.63, 3.8) is 0 Å². The third kappa shape index (κ3) is 4.00. The number of piperidine rings is 1. The van der Waals surface area contributed by atoms with Crippen LogP contribution < -0.4 is 10.2 Å². The molecule has 0 spiro atoms. The highest BCUT2D eigenvalue weighted by Crippen LogP contribution is 2.23. The Hall–Kier alpha value is -1.66. The van der Waals surface area contributed by atoms with E-state index in [1.54, 1.807) is 24.3 Å². The predicted octanol–water partition coefficient (Wildman–Crippen LogP) is 4.14. The Bertz CT molecular complexity index is 719. The van der Waals surface area contributed by atoms with Gasteiger partial charge in [-0.3, -0.25) is 4.79 Å². The zero-order valence-corrected chi connectivity index (χ0v) is 14.8. The molecule has 2 heterocycles. The molecule has 23 heavy (non-hydrogen) atoms. The first-order chi connectivity index (χ1) is 11.1. The van der Waals surface area contributed by atoms with Gasteiger partial charge in [0.15, 0.2) is 0 Å². The van der Waals surface area contributed by atoms with E-state index >= 15 is 0 Å². The molecule has 0 atom stereocenters. The minimum atomic E-state index is -0.292. The number of rotatable bonds is 3. The highest BCUT2D eigenvalue weighted by molar-refractivity contribution is 9.10. The van der Waals surface area contributed by atoms with Gasteiger partial charge in [-0.25, -0.2) is 9.97 Å². The van der Waals surface area contributed by atoms with Gasteiger partial charge in [-0.05, 0) is 37.5 Å². The smallest absolute Gasteiger partial charge is 0.258 e. The Balaban J connectivity index is 1.77. The van der Waals surface area contributed by atoms with Crippen LogP contribution in [0.5, 0.6) is 0 Å². The summed E-state index contributed by atoms with van der Waals surface area (Å²) in [6, 6.07) is 6.96. The van der Waals surface area contributed by atoms with Crippen molar-refractivity contribution in [1.29, 1.82) is 0 Å². The van der Waals surface area contributed by atoms with Gasteiger partial charge < -0.3 is 10.2 Å². The molecule has 1 amide bonds. The summed E-state index contributed by atoms with van der Waals surface area (Å²) in [6.07, 6.45) is 5.06. The molecule has 5 nitrogen and oxygen atoms in total. The quantitative estimate of drug-likeness (QED) is 0.849. The van der Waals surface area contributed by atoms with Gasteiger partial charge in [-0.1, -0.05) is 27.5 Å². The second-order valence-electron chi connectivity index (χ2n) is 5.39. The molecule has 2 aromatic rings. The summed E-state index contributed by atoms with van der Waals surface area (Å²) in [4.78, 5) is 23.0. The first-order valence-electron chi connectivity index (χ1n) is 7.47. The van der Waals surface area contributed by atoms with Gasteiger partial charge in [0.25, 0.3) is 5.91 Å². The molecule has 120 valence electrons. The molecule has 1 fully saturated rings. The monoisotopic (exact) mass is 394 g/mol. The maximum absolute atomic E-state index is 12.4. The molecule has 1 aromatic heterocycles. The lowest BCUT2D eigenvalue weighted by Gasteiger charge is -2.27. The number of halogens is 2. The maximum atomic E-state index is 12.4. The highest BCUT2D eigenvalue weighted by Gasteiger charge is 2.15. The number of aromatic nitrogens is 2. The van der Waals surface area contributed by atoms with E-state index in [1.807, 2.05) is 0 Å². The number of amides is 1. The fourth-order valence-electron chi connectivity index (χ4n) is 2.57. The number of nitrogens with one attached hydrogen (secondary N) is 1. The molecule has 1 aromatic carbocycles. The van der Waals surface area contributed by atoms with E-state index in [0.29, 0.717) is 16.4 Å². The topological polar surface area (TPSA) is 58.1 Å². The van der Waals surface area contributed by atoms with Gasteiger partial charge in [0, 0.05) is 23.6 Å². The predicted molar refractivity (Wildman–Crippen MR) is 95.2 cm³/mol. The molecular weight excluding hydrogens is 380 g/mol. The van der Waals surface area contributed by atoms with Crippen LogP contribution in [0.3, 0.4) is 0 Å². The van der Waals surface area contributed by atoms with E-state index in [2.05, 4.69) is 36.1 Å². The number of nitrogens with zero attached hydrogens (tertiary/aromatic N) is 3. The van der Waals surface area contributed by atoms with Crippen LogP contribution in [0.15, 0.2) is 35.1 Å². The van der Waals surface area contributed by atoms with Gasteiger partial charge in [0.2, 0.25) is 0 Å². The van der Waals surface area contributed by atoms with Crippen LogP contribution in [-0.2, 0) is 0 Å². The van der Waals surface area contributed by atoms with E-state index in [4.69, 9.17) is 11.6 Å². The highest BCUT2D eigenvalue weighted by atomic mass is 79.9. The number of carbonyl (C=O) groups is 1. The Morgan fingerprint density at radius 2 is 1.96 bits per heavy atom. The zero-order valence-electron chi connectivity index (χ0n) is 12.4. The van der Waals surface area contributed by atoms with Crippen molar-refractivity contribution in [2.45, 2.75) is 19.3 Å². The fourth-order valence-corrected chi connectivity index (χ4v) is 3.13. The van der Waals surface area contributed by atoms with Crippen LogP contribution in [-0.4, -0.2) is 29.0 Å². The molecule has 1 aliphatic rings. The summed E-state index contributed by atoms with van der Waals surface area (Å²) >= 11 is 9.43. The number of hydrogen-bond donors (Lipinski definition) is 1. The van der Waals surface area contributed by atoms with Crippen molar-refractivity contribution in [2.75, 3.05) is 23.3 Å². The van der Waals surface area contributed by atoms with Crippen LogP contribution in [0.25, 0.3) is 0 Å². The van der Waals surface area contributed by atoms with Crippen LogP contribution in [0.1, 0.15) is 29.6 Å². The molecule has 3 rings (SSSR count). The van der Waals surface area contributed by atoms with E-state index < -0.39 is 0 Å². The molecular formula is C16H16BrClN4O. The van der Waals surface area contributed by atoms with E-state index in [0.717, 1.165) is 23.4 Å². The van der Waals surface area contributed by atoms with Crippen molar-refractivity contribution in [2.24, 2.45) is 0 Å². The third-order valence-electron chi connectivity index (χ3n) is 3.75. The molecule has 7 heteroatoms. The molecule has 1 N–H and O–H groups in total. The summed E-state index contributed by atoms with van der Waals surface area (Å²) in [5.41, 5.74) is 0.402. The lowest BCUT2D eigenvalue weighted by molar-refractivity contribution is 0.102. The van der Waals surface area contributed by atoms with Crippen LogP contribution in [0, 0.1) is 0 Å². The fraction of sp³-hybridized carbons (Fsp3) is 0.312. The Kier molecular flexibility index (Phi) is 5.13. The SMILES string of the molecule is O=C(Nc1cc(N2CCCCC2)ncn1)c1cc(Br)ccc1Cl. The summed E-state index contributed by atoms with van der Waals surface area (Å²) in [5.74, 6) is 1.02. The van der Waals surface area contributed by atoms with Crippen LogP contribution in [0.2, 0.25) is 5.02 Å². The zero-order chi connectivity index (χ0) is 16.2. The normalized spacial score (nSPS) is 14.6. The lowest BCUT2D eigenvalue weighted by Crippen LogP contribution is -2.30. The third-order valence-corrected chi connectivity index (χ3v) is 4.57. The van der Waals surface area contributed by atoms with Crippen molar-refractivity contribution >= 4 is 45.1 Å². The molecule has 1 saturated heterocycles. The number of benzene rings is 1. The molecule has 0 saturated carbocycles. The minimum absolute atomic E-state index is 0.292. The first kappa shape index (κ1) is 16.2. The second-order valence-corrected chi connectivity index (χ2v) is 6.71. The first-order valence-corrected chi connectivity index (χ1v) is 8.64. The van der Waals surface area contributed by atoms with E-state index in [1.165, 1.54) is 25.6 Å². The van der Waals surface area contributed by atoms with Crippen molar-refractivity contribution in [3.8, 4) is 0 Å². The Morgan fingerprint density at radius 3 is 2.74 bits per heavy atom. The minimum Gasteiger partial charge on any atom is -0.356 e. The van der Waals surface area contributed by atoms with Gasteiger partial charge in [-0.2, -0.15) is 0 Å². The van der Waals surface area contributed by atoms with Gasteiger partial charge in [-0.15, -0.1) is 0 Å². The van der Waals surface area contributed by atoms with Crippen LogP contribution in [0.4, 0.5) is 11.6 Å².